The number of sulfonamides is 1. The summed E-state index contributed by atoms with van der Waals surface area (Å²) in [6.45, 7) is 5.44. The van der Waals surface area contributed by atoms with Gasteiger partial charge < -0.3 is 5.32 Å². The molecule has 37 heavy (non-hydrogen) atoms. The van der Waals surface area contributed by atoms with Gasteiger partial charge in [-0.15, -0.1) is 10.2 Å². The van der Waals surface area contributed by atoms with Gasteiger partial charge in [-0.05, 0) is 57.2 Å². The highest BCUT2D eigenvalue weighted by Crippen LogP contribution is 2.29. The fourth-order valence-electron chi connectivity index (χ4n) is 3.19. The van der Waals surface area contributed by atoms with E-state index in [1.165, 1.54) is 36.0 Å². The lowest BCUT2D eigenvalue weighted by molar-refractivity contribution is -0.115. The van der Waals surface area contributed by atoms with Crippen molar-refractivity contribution in [3.63, 3.8) is 0 Å². The second-order valence-corrected chi connectivity index (χ2v) is 12.2. The highest BCUT2D eigenvalue weighted by molar-refractivity contribution is 8.00. The second-order valence-electron chi connectivity index (χ2n) is 8.03. The minimum Gasteiger partial charge on any atom is -0.325 e. The Labute approximate surface area is 223 Å². The van der Waals surface area contributed by atoms with Gasteiger partial charge in [-0.25, -0.2) is 13.4 Å². The minimum atomic E-state index is -3.84. The first-order valence-corrected chi connectivity index (χ1v) is 14.2. The van der Waals surface area contributed by atoms with Gasteiger partial charge in [0.1, 0.15) is 16.1 Å². The molecule has 2 heterocycles. The zero-order valence-corrected chi connectivity index (χ0v) is 22.5. The molecule has 2 aromatic carbocycles. The number of hydrogen-bond acceptors (Lipinski definition) is 9. The predicted octanol–water partition coefficient (Wildman–Crippen LogP) is 5.01. The summed E-state index contributed by atoms with van der Waals surface area (Å²) in [6, 6.07) is 19.3. The highest BCUT2D eigenvalue weighted by atomic mass is 32.2. The number of nitriles is 1. The third kappa shape index (κ3) is 6.51. The number of nitrogens with zero attached hydrogens (tertiary/aromatic N) is 4. The van der Waals surface area contributed by atoms with Crippen molar-refractivity contribution >= 4 is 49.8 Å². The number of benzene rings is 2. The maximum absolute atomic E-state index is 12.8. The molecule has 2 N–H and O–H groups in total. The fraction of sp³-hybridized carbons (Fsp3) is 0.160. The number of rotatable bonds is 8. The molecule has 2 aromatic heterocycles. The number of anilines is 2. The van der Waals surface area contributed by atoms with Gasteiger partial charge >= 0.3 is 0 Å². The molecule has 12 heteroatoms. The summed E-state index contributed by atoms with van der Waals surface area (Å²) in [6.07, 6.45) is 0. The monoisotopic (exact) mass is 550 g/mol. The summed E-state index contributed by atoms with van der Waals surface area (Å²) in [7, 11) is -3.84. The summed E-state index contributed by atoms with van der Waals surface area (Å²) in [5.41, 5.74) is 3.58. The molecule has 0 radical (unpaired) electrons. The number of carbonyl (C=O) groups excluding carboxylic acids is 1. The molecular weight excluding hydrogens is 529 g/mol. The molecular formula is C25H22N6O3S3. The number of thioether (sulfide) groups is 1. The van der Waals surface area contributed by atoms with Crippen molar-refractivity contribution in [2.75, 3.05) is 10.0 Å². The van der Waals surface area contributed by atoms with Gasteiger partial charge in [0.15, 0.2) is 0 Å². The van der Waals surface area contributed by atoms with Gasteiger partial charge in [0.05, 0.1) is 21.4 Å². The number of hydrogen-bond donors (Lipinski definition) is 2. The largest absolute Gasteiger partial charge is 0.325 e. The van der Waals surface area contributed by atoms with Crippen molar-refractivity contribution in [3.8, 4) is 17.3 Å². The summed E-state index contributed by atoms with van der Waals surface area (Å²) in [5.74, 6) is -0.311. The zero-order chi connectivity index (χ0) is 26.6. The van der Waals surface area contributed by atoms with E-state index in [0.29, 0.717) is 27.0 Å². The zero-order valence-electron chi connectivity index (χ0n) is 20.1. The number of aromatic nitrogens is 3. The van der Waals surface area contributed by atoms with Crippen LogP contribution in [-0.4, -0.2) is 34.8 Å². The molecule has 4 aromatic rings. The molecule has 1 unspecified atom stereocenters. The van der Waals surface area contributed by atoms with Gasteiger partial charge in [0.25, 0.3) is 10.0 Å². The number of pyridine rings is 1. The van der Waals surface area contributed by atoms with Crippen molar-refractivity contribution in [3.05, 3.63) is 76.8 Å². The van der Waals surface area contributed by atoms with E-state index in [9.17, 15) is 18.5 Å². The lowest BCUT2D eigenvalue weighted by atomic mass is 10.1. The second kappa shape index (κ2) is 11.1. The van der Waals surface area contributed by atoms with Crippen LogP contribution in [0.4, 0.5) is 10.8 Å². The molecule has 0 saturated carbocycles. The average Bonchev–Trinajstić information content (AvgIpc) is 3.28. The van der Waals surface area contributed by atoms with Crippen LogP contribution < -0.4 is 10.0 Å². The molecule has 0 bridgehead atoms. The maximum atomic E-state index is 12.8. The first-order valence-electron chi connectivity index (χ1n) is 11.0. The molecule has 0 aliphatic heterocycles. The number of amides is 1. The van der Waals surface area contributed by atoms with E-state index in [-0.39, 0.29) is 15.9 Å². The van der Waals surface area contributed by atoms with Crippen LogP contribution in [0.2, 0.25) is 0 Å². The highest BCUT2D eigenvalue weighted by Gasteiger charge is 2.20. The maximum Gasteiger partial charge on any atom is 0.263 e. The summed E-state index contributed by atoms with van der Waals surface area (Å²) >= 11 is 2.31. The van der Waals surface area contributed by atoms with Gasteiger partial charge in [0, 0.05) is 11.3 Å². The molecule has 4 rings (SSSR count). The number of aryl methyl sites for hydroxylation is 2. The van der Waals surface area contributed by atoms with E-state index in [1.807, 2.05) is 31.2 Å². The lowest BCUT2D eigenvalue weighted by Gasteiger charge is -2.14. The van der Waals surface area contributed by atoms with Crippen molar-refractivity contribution < 1.29 is 13.2 Å². The van der Waals surface area contributed by atoms with Crippen LogP contribution >= 0.6 is 23.1 Å². The van der Waals surface area contributed by atoms with E-state index in [0.717, 1.165) is 22.5 Å². The van der Waals surface area contributed by atoms with Crippen LogP contribution in [0.3, 0.4) is 0 Å². The van der Waals surface area contributed by atoms with Crippen molar-refractivity contribution in [1.29, 1.82) is 5.26 Å². The van der Waals surface area contributed by atoms with Crippen LogP contribution in [-0.2, 0) is 14.8 Å². The Morgan fingerprint density at radius 1 is 1.03 bits per heavy atom. The quantitative estimate of drug-likeness (QED) is 0.292. The molecule has 0 spiro atoms. The molecule has 9 nitrogen and oxygen atoms in total. The van der Waals surface area contributed by atoms with E-state index in [4.69, 9.17) is 0 Å². The Bertz CT molecular complexity index is 1580. The van der Waals surface area contributed by atoms with Crippen molar-refractivity contribution in [2.45, 2.75) is 35.9 Å². The van der Waals surface area contributed by atoms with Crippen molar-refractivity contribution in [1.82, 2.24) is 15.2 Å². The van der Waals surface area contributed by atoms with E-state index >= 15 is 0 Å². The van der Waals surface area contributed by atoms with Crippen LogP contribution in [0.25, 0.3) is 11.3 Å². The summed E-state index contributed by atoms with van der Waals surface area (Å²) in [4.78, 5) is 17.5. The Hall–Kier alpha value is -3.79. The van der Waals surface area contributed by atoms with Crippen LogP contribution in [0.5, 0.6) is 0 Å². The molecule has 188 valence electrons. The SMILES string of the molecule is Cc1ccc(-c2ccc(C#N)c(SC(C)C(=O)Nc3ccc(S(=O)(=O)Nc4nnc(C)s4)cc3)n2)cc1. The number of carbonyl (C=O) groups is 1. The van der Waals surface area contributed by atoms with Crippen LogP contribution in [0.1, 0.15) is 23.1 Å². The average molecular weight is 551 g/mol. The normalized spacial score (nSPS) is 11.9. The van der Waals surface area contributed by atoms with Gasteiger partial charge in [0.2, 0.25) is 11.0 Å². The van der Waals surface area contributed by atoms with Crippen LogP contribution in [0.15, 0.2) is 70.6 Å². The molecule has 0 aliphatic rings. The molecule has 1 amide bonds. The number of nitrogens with one attached hydrogen (secondary N) is 2. The van der Waals surface area contributed by atoms with Crippen LogP contribution in [0, 0.1) is 25.2 Å². The lowest BCUT2D eigenvalue weighted by Crippen LogP contribution is -2.22. The molecule has 0 aliphatic carbocycles. The van der Waals surface area contributed by atoms with Gasteiger partial charge in [-0.2, -0.15) is 5.26 Å². The molecule has 0 saturated heterocycles. The first-order chi connectivity index (χ1) is 17.6. The standard InChI is InChI=1S/C25H22N6O3S3/c1-15-4-6-18(7-5-15)22-13-8-19(14-26)24(28-22)35-16(2)23(32)27-20-9-11-21(12-10-20)37(33,34)31-25-30-29-17(3)36-25/h4-13,16H,1-3H3,(H,27,32)(H,30,31). The van der Waals surface area contributed by atoms with E-state index < -0.39 is 15.3 Å². The van der Waals surface area contributed by atoms with Crippen molar-refractivity contribution in [2.24, 2.45) is 0 Å². The predicted molar refractivity (Wildman–Crippen MR) is 145 cm³/mol. The smallest absolute Gasteiger partial charge is 0.263 e. The van der Waals surface area contributed by atoms with E-state index in [1.54, 1.807) is 26.0 Å². The minimum absolute atomic E-state index is 0.0246. The van der Waals surface area contributed by atoms with Gasteiger partial charge in [-0.3, -0.25) is 9.52 Å². The molecule has 0 fully saturated rings. The fourth-order valence-corrected chi connectivity index (χ4v) is 5.91. The Kier molecular flexibility index (Phi) is 7.87. The molecule has 1 atom stereocenters. The summed E-state index contributed by atoms with van der Waals surface area (Å²) < 4.78 is 27.5. The van der Waals surface area contributed by atoms with Gasteiger partial charge in [-0.1, -0.05) is 52.9 Å². The Morgan fingerprint density at radius 3 is 2.35 bits per heavy atom. The Balaban J connectivity index is 1.44. The summed E-state index contributed by atoms with van der Waals surface area (Å²) in [5, 5.41) is 20.6. The van der Waals surface area contributed by atoms with E-state index in [2.05, 4.69) is 31.3 Å². The topological polar surface area (TPSA) is 138 Å². The Morgan fingerprint density at radius 2 is 1.73 bits per heavy atom. The first kappa shape index (κ1) is 26.3. The third-order valence-corrected chi connectivity index (χ3v) is 8.51. The third-order valence-electron chi connectivity index (χ3n) is 5.17.